The van der Waals surface area contributed by atoms with Gasteiger partial charge in [0.05, 0.1) is 25.2 Å². The van der Waals surface area contributed by atoms with Crippen molar-refractivity contribution in [3.05, 3.63) is 12.2 Å². The maximum Gasteiger partial charge on any atom is 0.312 e. The summed E-state index contributed by atoms with van der Waals surface area (Å²) in [4.78, 5) is 27.0. The molecular weight excluding hydrogens is 282 g/mol. The quantitative estimate of drug-likeness (QED) is 0.572. The Balaban J connectivity index is 1.79. The van der Waals surface area contributed by atoms with E-state index in [9.17, 15) is 9.59 Å². The van der Waals surface area contributed by atoms with Crippen LogP contribution in [0.5, 0.6) is 0 Å². The second-order valence-corrected chi connectivity index (χ2v) is 7.54. The molecule has 2 fully saturated rings. The van der Waals surface area contributed by atoms with Crippen molar-refractivity contribution in [3.8, 4) is 0 Å². The van der Waals surface area contributed by atoms with Crippen molar-refractivity contribution >= 4 is 11.9 Å². The third-order valence-electron chi connectivity index (χ3n) is 4.60. The van der Waals surface area contributed by atoms with Gasteiger partial charge < -0.3 is 14.4 Å². The Morgan fingerprint density at radius 1 is 1.41 bits per heavy atom. The van der Waals surface area contributed by atoms with Gasteiger partial charge in [-0.15, -0.1) is 0 Å². The number of hydrogen-bond donors (Lipinski definition) is 0. The average Bonchev–Trinajstić information content (AvgIpc) is 3.04. The molecule has 0 aromatic heterocycles. The molecule has 0 aliphatic carbocycles. The number of amides is 1. The van der Waals surface area contributed by atoms with Crippen LogP contribution in [0.4, 0.5) is 0 Å². The van der Waals surface area contributed by atoms with Crippen LogP contribution < -0.4 is 0 Å². The predicted molar refractivity (Wildman–Crippen MR) is 80.9 cm³/mol. The molecule has 0 saturated carbocycles. The molecule has 1 amide bonds. The van der Waals surface area contributed by atoms with Crippen molar-refractivity contribution in [1.82, 2.24) is 4.90 Å². The van der Waals surface area contributed by atoms with E-state index in [0.29, 0.717) is 25.6 Å². The molecule has 5 nitrogen and oxygen atoms in total. The molecule has 3 aliphatic heterocycles. The first-order valence-electron chi connectivity index (χ1n) is 8.16. The molecule has 0 aromatic carbocycles. The third kappa shape index (κ3) is 2.35. The molecular formula is C17H25NO4. The highest BCUT2D eigenvalue weighted by molar-refractivity contribution is 5.91. The van der Waals surface area contributed by atoms with Crippen molar-refractivity contribution in [2.24, 2.45) is 23.7 Å². The summed E-state index contributed by atoms with van der Waals surface area (Å²) in [5.41, 5.74) is -0.613. The van der Waals surface area contributed by atoms with Gasteiger partial charge in [0.15, 0.2) is 0 Å². The van der Waals surface area contributed by atoms with Crippen LogP contribution in [-0.4, -0.2) is 48.2 Å². The van der Waals surface area contributed by atoms with Crippen LogP contribution in [0.25, 0.3) is 0 Å². The molecule has 2 unspecified atom stereocenters. The Hall–Kier alpha value is -1.36. The van der Waals surface area contributed by atoms with Crippen LogP contribution in [0.1, 0.15) is 27.7 Å². The maximum absolute atomic E-state index is 12.8. The molecule has 122 valence electrons. The monoisotopic (exact) mass is 307 g/mol. The fraction of sp³-hybridized carbons (Fsp3) is 0.765. The summed E-state index contributed by atoms with van der Waals surface area (Å²) in [6.07, 6.45) is 3.59. The molecule has 1 spiro atoms. The van der Waals surface area contributed by atoms with Gasteiger partial charge in [-0.3, -0.25) is 9.59 Å². The third-order valence-corrected chi connectivity index (χ3v) is 4.60. The van der Waals surface area contributed by atoms with E-state index in [1.807, 2.05) is 30.9 Å². The number of nitrogens with zero attached hydrogens (tertiary/aromatic N) is 1. The van der Waals surface area contributed by atoms with Gasteiger partial charge in [0.2, 0.25) is 5.91 Å². The molecule has 0 radical (unpaired) electrons. The fourth-order valence-corrected chi connectivity index (χ4v) is 3.79. The van der Waals surface area contributed by atoms with E-state index in [4.69, 9.17) is 9.47 Å². The van der Waals surface area contributed by atoms with Gasteiger partial charge in [-0.2, -0.15) is 0 Å². The van der Waals surface area contributed by atoms with Crippen LogP contribution in [0.2, 0.25) is 0 Å². The second-order valence-electron chi connectivity index (χ2n) is 7.54. The molecule has 3 heterocycles. The van der Waals surface area contributed by atoms with Crippen LogP contribution in [-0.2, 0) is 19.1 Å². The first-order valence-corrected chi connectivity index (χ1v) is 8.16. The lowest BCUT2D eigenvalue weighted by atomic mass is 9.77. The van der Waals surface area contributed by atoms with Crippen molar-refractivity contribution in [3.63, 3.8) is 0 Å². The molecule has 2 saturated heterocycles. The van der Waals surface area contributed by atoms with E-state index in [2.05, 4.69) is 13.8 Å². The highest BCUT2D eigenvalue weighted by Crippen LogP contribution is 2.52. The zero-order chi connectivity index (χ0) is 16.1. The number of likely N-dealkylation sites (tertiary alicyclic amines) is 1. The van der Waals surface area contributed by atoms with Gasteiger partial charge in [0.1, 0.15) is 11.5 Å². The lowest BCUT2D eigenvalue weighted by Crippen LogP contribution is -2.40. The van der Waals surface area contributed by atoms with E-state index in [1.54, 1.807) is 0 Å². The van der Waals surface area contributed by atoms with E-state index < -0.39 is 17.4 Å². The van der Waals surface area contributed by atoms with Crippen molar-refractivity contribution in [1.29, 1.82) is 0 Å². The summed E-state index contributed by atoms with van der Waals surface area (Å²) in [6, 6.07) is 0. The standard InChI is InChI=1S/C17H25NO4/c1-10(2)7-18-9-17-6-5-12(22-17)13(14(17)15(18)19)16(20)21-8-11(3)4/h5-6,10-14H,7-9H2,1-4H3/t12-,13?,14-,17?/m1/s1. The minimum Gasteiger partial charge on any atom is -0.465 e. The summed E-state index contributed by atoms with van der Waals surface area (Å²) in [7, 11) is 0. The van der Waals surface area contributed by atoms with E-state index in [1.165, 1.54) is 0 Å². The predicted octanol–water partition coefficient (Wildman–Crippen LogP) is 1.62. The first kappa shape index (κ1) is 15.5. The van der Waals surface area contributed by atoms with E-state index in [-0.39, 0.29) is 23.9 Å². The van der Waals surface area contributed by atoms with Crippen LogP contribution in [0, 0.1) is 23.7 Å². The lowest BCUT2D eigenvalue weighted by Gasteiger charge is -2.23. The zero-order valence-corrected chi connectivity index (χ0v) is 13.7. The normalized spacial score (nSPS) is 35.8. The highest BCUT2D eigenvalue weighted by Gasteiger charge is 2.67. The summed E-state index contributed by atoms with van der Waals surface area (Å²) in [5, 5.41) is 0. The number of fused-ring (bicyclic) bond motifs is 1. The summed E-state index contributed by atoms with van der Waals surface area (Å²) < 4.78 is 11.4. The molecule has 5 heteroatoms. The number of ether oxygens (including phenoxy) is 2. The van der Waals surface area contributed by atoms with Crippen molar-refractivity contribution in [2.75, 3.05) is 19.7 Å². The van der Waals surface area contributed by atoms with Gasteiger partial charge in [-0.1, -0.05) is 39.8 Å². The fourth-order valence-electron chi connectivity index (χ4n) is 3.79. The minimum atomic E-state index is -0.613. The number of esters is 1. The minimum absolute atomic E-state index is 0.0343. The number of hydrogen-bond acceptors (Lipinski definition) is 4. The Bertz CT molecular complexity index is 513. The molecule has 3 rings (SSSR count). The second kappa shape index (κ2) is 5.37. The smallest absolute Gasteiger partial charge is 0.312 e. The van der Waals surface area contributed by atoms with Gasteiger partial charge >= 0.3 is 5.97 Å². The Morgan fingerprint density at radius 2 is 2.14 bits per heavy atom. The van der Waals surface area contributed by atoms with E-state index >= 15 is 0 Å². The van der Waals surface area contributed by atoms with Gasteiger partial charge in [0.25, 0.3) is 0 Å². The first-order chi connectivity index (χ1) is 10.3. The summed E-state index contributed by atoms with van der Waals surface area (Å²) >= 11 is 0. The molecule has 2 bridgehead atoms. The Kier molecular flexibility index (Phi) is 3.79. The van der Waals surface area contributed by atoms with E-state index in [0.717, 1.165) is 0 Å². The molecule has 0 N–H and O–H groups in total. The van der Waals surface area contributed by atoms with Crippen molar-refractivity contribution < 1.29 is 19.1 Å². The SMILES string of the molecule is CC(C)COC(=O)C1[C@H]2C=CC3(CN(CC(C)C)C(=O)[C@@H]13)O2. The largest absolute Gasteiger partial charge is 0.465 e. The van der Waals surface area contributed by atoms with Crippen molar-refractivity contribution in [2.45, 2.75) is 39.4 Å². The molecule has 0 aromatic rings. The summed E-state index contributed by atoms with van der Waals surface area (Å²) in [6.45, 7) is 9.80. The lowest BCUT2D eigenvalue weighted by molar-refractivity contribution is -0.154. The zero-order valence-electron chi connectivity index (χ0n) is 13.7. The number of carbonyl (C=O) groups excluding carboxylic acids is 2. The van der Waals surface area contributed by atoms with Gasteiger partial charge in [-0.05, 0) is 11.8 Å². The van der Waals surface area contributed by atoms with Gasteiger partial charge in [-0.25, -0.2) is 0 Å². The highest BCUT2D eigenvalue weighted by atomic mass is 16.6. The Morgan fingerprint density at radius 3 is 2.77 bits per heavy atom. The topological polar surface area (TPSA) is 55.8 Å². The van der Waals surface area contributed by atoms with Crippen LogP contribution in [0.3, 0.4) is 0 Å². The maximum atomic E-state index is 12.8. The summed E-state index contributed by atoms with van der Waals surface area (Å²) in [5.74, 6) is -0.493. The number of rotatable bonds is 5. The molecule has 4 atom stereocenters. The average molecular weight is 307 g/mol. The van der Waals surface area contributed by atoms with Crippen LogP contribution in [0.15, 0.2) is 12.2 Å². The van der Waals surface area contributed by atoms with Crippen LogP contribution >= 0.6 is 0 Å². The van der Waals surface area contributed by atoms with Gasteiger partial charge in [0, 0.05) is 6.54 Å². The molecule has 22 heavy (non-hydrogen) atoms. The number of carbonyl (C=O) groups is 2. The Labute approximate surface area is 131 Å². The molecule has 3 aliphatic rings.